The normalized spacial score (nSPS) is 24.0. The van der Waals surface area contributed by atoms with Crippen LogP contribution in [0.2, 0.25) is 0 Å². The fraction of sp³-hybridized carbons (Fsp3) is 0.500. The van der Waals surface area contributed by atoms with Gasteiger partial charge in [-0.25, -0.2) is 0 Å². The Hall–Kier alpha value is -1.82. The summed E-state index contributed by atoms with van der Waals surface area (Å²) < 4.78 is 5.60. The molecule has 6 nitrogen and oxygen atoms in total. The summed E-state index contributed by atoms with van der Waals surface area (Å²) in [7, 11) is 0. The summed E-state index contributed by atoms with van der Waals surface area (Å²) in [5.74, 6) is -0.552. The Labute approximate surface area is 105 Å². The fourth-order valence-corrected chi connectivity index (χ4v) is 2.24. The van der Waals surface area contributed by atoms with Gasteiger partial charge in [-0.05, 0) is 31.7 Å². The van der Waals surface area contributed by atoms with Gasteiger partial charge in [0.15, 0.2) is 0 Å². The Morgan fingerprint density at radius 3 is 2.44 bits per heavy atom. The van der Waals surface area contributed by atoms with Crippen LogP contribution in [0.5, 0.6) is 5.75 Å². The summed E-state index contributed by atoms with van der Waals surface area (Å²) in [6.45, 7) is 5.29. The van der Waals surface area contributed by atoms with Crippen molar-refractivity contribution in [1.29, 1.82) is 0 Å². The molecule has 0 N–H and O–H groups in total. The summed E-state index contributed by atoms with van der Waals surface area (Å²) in [6.07, 6.45) is 0.165. The molecule has 0 aliphatic carbocycles. The van der Waals surface area contributed by atoms with E-state index in [1.54, 1.807) is 6.07 Å². The number of benzene rings is 1. The average molecular weight is 251 g/mol. The second-order valence-corrected chi connectivity index (χ2v) is 4.57. The summed E-state index contributed by atoms with van der Waals surface area (Å²) in [4.78, 5) is 11.9. The van der Waals surface area contributed by atoms with Gasteiger partial charge in [-0.2, -0.15) is 0 Å². The molecule has 0 amide bonds. The van der Waals surface area contributed by atoms with Gasteiger partial charge in [0.05, 0.1) is 17.1 Å². The van der Waals surface area contributed by atoms with Crippen molar-refractivity contribution in [3.05, 3.63) is 28.3 Å². The minimum absolute atomic E-state index is 0.0824. The summed E-state index contributed by atoms with van der Waals surface area (Å²) in [6, 6.07) is 4.20. The van der Waals surface area contributed by atoms with Crippen LogP contribution in [0, 0.1) is 10.1 Å². The van der Waals surface area contributed by atoms with Crippen LogP contribution < -0.4 is 10.0 Å². The lowest BCUT2D eigenvalue weighted by atomic mass is 10.2. The lowest BCUT2D eigenvalue weighted by molar-refractivity contribution is -0.398. The Morgan fingerprint density at radius 2 is 1.94 bits per heavy atom. The summed E-state index contributed by atoms with van der Waals surface area (Å²) in [5.41, 5.74) is 0.334. The summed E-state index contributed by atoms with van der Waals surface area (Å²) in [5, 5.41) is 22.2. The highest BCUT2D eigenvalue weighted by Gasteiger charge is 2.22. The first-order chi connectivity index (χ1) is 8.47. The maximum Gasteiger partial charge on any atom is 0.261 e. The van der Waals surface area contributed by atoms with E-state index >= 15 is 0 Å². The Bertz CT molecular complexity index is 453. The van der Waals surface area contributed by atoms with E-state index in [0.29, 0.717) is 18.8 Å². The van der Waals surface area contributed by atoms with Crippen molar-refractivity contribution < 1.29 is 14.8 Å². The van der Waals surface area contributed by atoms with E-state index in [1.807, 2.05) is 18.7 Å². The number of nitro benzene ring substituents is 1. The molecular formula is C12H15N2O4-. The quantitative estimate of drug-likeness (QED) is 0.584. The van der Waals surface area contributed by atoms with Crippen LogP contribution in [-0.4, -0.2) is 30.2 Å². The number of morpholine rings is 1. The van der Waals surface area contributed by atoms with Crippen LogP contribution in [0.3, 0.4) is 0 Å². The average Bonchev–Trinajstić information content (AvgIpc) is 2.26. The molecule has 1 aliphatic heterocycles. The largest absolute Gasteiger partial charge is 0.868 e. The van der Waals surface area contributed by atoms with E-state index in [1.165, 1.54) is 12.1 Å². The molecule has 0 bridgehead atoms. The summed E-state index contributed by atoms with van der Waals surface area (Å²) >= 11 is 0. The zero-order valence-corrected chi connectivity index (χ0v) is 10.3. The van der Waals surface area contributed by atoms with Crippen molar-refractivity contribution in [2.75, 3.05) is 18.0 Å². The second kappa shape index (κ2) is 4.81. The predicted octanol–water partition coefficient (Wildman–Crippen LogP) is 1.28. The van der Waals surface area contributed by atoms with Gasteiger partial charge in [0, 0.05) is 24.8 Å². The molecule has 0 spiro atoms. The van der Waals surface area contributed by atoms with Gasteiger partial charge in [-0.1, -0.05) is 0 Å². The van der Waals surface area contributed by atoms with Crippen molar-refractivity contribution in [1.82, 2.24) is 0 Å². The van der Waals surface area contributed by atoms with Gasteiger partial charge in [-0.3, -0.25) is 10.1 Å². The number of anilines is 1. The van der Waals surface area contributed by atoms with Gasteiger partial charge in [-0.15, -0.1) is 0 Å². The topological polar surface area (TPSA) is 78.7 Å². The molecular weight excluding hydrogens is 236 g/mol. The molecule has 1 heterocycles. The van der Waals surface area contributed by atoms with Gasteiger partial charge in [0.25, 0.3) is 5.69 Å². The monoisotopic (exact) mass is 251 g/mol. The van der Waals surface area contributed by atoms with Crippen LogP contribution in [0.25, 0.3) is 0 Å². The third-order valence-electron chi connectivity index (χ3n) is 2.92. The first-order valence-electron chi connectivity index (χ1n) is 5.83. The molecule has 0 aromatic heterocycles. The van der Waals surface area contributed by atoms with Gasteiger partial charge in [0.1, 0.15) is 0 Å². The zero-order valence-electron chi connectivity index (χ0n) is 10.3. The highest BCUT2D eigenvalue weighted by molar-refractivity contribution is 5.58. The molecule has 1 fully saturated rings. The highest BCUT2D eigenvalue weighted by Crippen LogP contribution is 2.29. The molecule has 2 rings (SSSR count). The number of hydrogen-bond donors (Lipinski definition) is 0. The SMILES string of the molecule is C[C@H]1CN(c2ccc([N+](=O)[O-])c([O-])c2)C[C@H](C)O1. The van der Waals surface area contributed by atoms with E-state index < -0.39 is 10.7 Å². The Morgan fingerprint density at radius 1 is 1.33 bits per heavy atom. The van der Waals surface area contributed by atoms with Crippen molar-refractivity contribution in [2.45, 2.75) is 26.1 Å². The molecule has 1 aromatic rings. The van der Waals surface area contributed by atoms with Gasteiger partial charge >= 0.3 is 0 Å². The molecule has 0 unspecified atom stereocenters. The van der Waals surface area contributed by atoms with Crippen molar-refractivity contribution in [2.24, 2.45) is 0 Å². The van der Waals surface area contributed by atoms with Crippen LogP contribution in [0.4, 0.5) is 11.4 Å². The van der Waals surface area contributed by atoms with Crippen molar-refractivity contribution in [3.63, 3.8) is 0 Å². The lowest BCUT2D eigenvalue weighted by Gasteiger charge is -2.37. The third-order valence-corrected chi connectivity index (χ3v) is 2.92. The van der Waals surface area contributed by atoms with Crippen LogP contribution in [0.15, 0.2) is 18.2 Å². The van der Waals surface area contributed by atoms with Crippen LogP contribution >= 0.6 is 0 Å². The van der Waals surface area contributed by atoms with E-state index in [0.717, 1.165) is 0 Å². The third kappa shape index (κ3) is 2.53. The maximum atomic E-state index is 11.6. The molecule has 1 aliphatic rings. The minimum atomic E-state index is -0.656. The molecule has 1 saturated heterocycles. The highest BCUT2D eigenvalue weighted by atomic mass is 16.6. The van der Waals surface area contributed by atoms with Crippen molar-refractivity contribution >= 4 is 11.4 Å². The molecule has 98 valence electrons. The molecule has 2 atom stereocenters. The van der Waals surface area contributed by atoms with E-state index in [-0.39, 0.29) is 17.9 Å². The standard InChI is InChI=1S/C12H16N2O4/c1-8-6-13(7-9(2)18-8)10-3-4-11(14(16)17)12(15)5-10/h3-5,8-9,15H,6-7H2,1-2H3/p-1/t8-,9-/m0/s1. The fourth-order valence-electron chi connectivity index (χ4n) is 2.24. The van der Waals surface area contributed by atoms with E-state index in [2.05, 4.69) is 0 Å². The maximum absolute atomic E-state index is 11.6. The number of nitro groups is 1. The zero-order chi connectivity index (χ0) is 13.3. The second-order valence-electron chi connectivity index (χ2n) is 4.57. The minimum Gasteiger partial charge on any atom is -0.868 e. The van der Waals surface area contributed by atoms with E-state index in [9.17, 15) is 15.2 Å². The van der Waals surface area contributed by atoms with Crippen LogP contribution in [-0.2, 0) is 4.74 Å². The molecule has 6 heteroatoms. The first kappa shape index (κ1) is 12.6. The predicted molar refractivity (Wildman–Crippen MR) is 64.8 cm³/mol. The Kier molecular flexibility index (Phi) is 3.38. The molecule has 0 radical (unpaired) electrons. The first-order valence-corrected chi connectivity index (χ1v) is 5.83. The number of rotatable bonds is 2. The number of nitrogens with zero attached hydrogens (tertiary/aromatic N) is 2. The smallest absolute Gasteiger partial charge is 0.261 e. The number of ether oxygens (including phenoxy) is 1. The molecule has 1 aromatic carbocycles. The molecule has 18 heavy (non-hydrogen) atoms. The Balaban J connectivity index is 2.23. The van der Waals surface area contributed by atoms with Gasteiger partial charge < -0.3 is 14.7 Å². The van der Waals surface area contributed by atoms with Crippen LogP contribution in [0.1, 0.15) is 13.8 Å². The molecule has 0 saturated carbocycles. The lowest BCUT2D eigenvalue weighted by Crippen LogP contribution is -2.45. The number of hydrogen-bond acceptors (Lipinski definition) is 5. The van der Waals surface area contributed by atoms with Crippen molar-refractivity contribution in [3.8, 4) is 5.75 Å². The van der Waals surface area contributed by atoms with E-state index in [4.69, 9.17) is 4.74 Å². The van der Waals surface area contributed by atoms with Gasteiger partial charge in [0.2, 0.25) is 0 Å².